The van der Waals surface area contributed by atoms with Crippen LogP contribution in [-0.4, -0.2) is 0 Å². The summed E-state index contributed by atoms with van der Waals surface area (Å²) in [6.45, 7) is 4.36. The zero-order valence-corrected chi connectivity index (χ0v) is 24.9. The number of aryl methyl sites for hydroxylation is 2. The molecule has 0 nitrogen and oxygen atoms in total. The molecule has 0 bridgehead atoms. The number of hydrogen-bond acceptors (Lipinski definition) is 0. The van der Waals surface area contributed by atoms with Gasteiger partial charge in [0.2, 0.25) is 0 Å². The standard InChI is InChI=1S/C44H30/c1-27-23-28(2)25-34(24-27)32-11-8-12-33(26-32)42-35-13-3-5-15-37(35)44(38-16-6-4-14-36(38)42)40-22-20-31-18-17-29-9-7-10-30-19-21-39(40)43(31)41(29)30/h3-26H,1-2H3. The second-order valence-electron chi connectivity index (χ2n) is 12.3. The molecular weight excluding hydrogens is 528 g/mol. The normalized spacial score (nSPS) is 11.9. The highest BCUT2D eigenvalue weighted by Gasteiger charge is 2.19. The van der Waals surface area contributed by atoms with Gasteiger partial charge in [-0.25, -0.2) is 0 Å². The highest BCUT2D eigenvalue weighted by Crippen LogP contribution is 2.47. The van der Waals surface area contributed by atoms with Crippen LogP contribution in [0.25, 0.3) is 87.2 Å². The fourth-order valence-corrected chi connectivity index (χ4v) is 7.68. The Morgan fingerprint density at radius 2 is 0.841 bits per heavy atom. The van der Waals surface area contributed by atoms with Crippen molar-refractivity contribution < 1.29 is 0 Å². The smallest absolute Gasteiger partial charge is 0.00201 e. The van der Waals surface area contributed by atoms with Crippen LogP contribution >= 0.6 is 0 Å². The summed E-state index contributed by atoms with van der Waals surface area (Å²) in [4.78, 5) is 0. The molecule has 0 saturated heterocycles. The van der Waals surface area contributed by atoms with Crippen LogP contribution in [0.15, 0.2) is 146 Å². The average molecular weight is 559 g/mol. The van der Waals surface area contributed by atoms with E-state index in [4.69, 9.17) is 0 Å². The van der Waals surface area contributed by atoms with Crippen LogP contribution in [0.4, 0.5) is 0 Å². The van der Waals surface area contributed by atoms with Crippen molar-refractivity contribution in [2.45, 2.75) is 13.8 Å². The molecule has 9 rings (SSSR count). The van der Waals surface area contributed by atoms with Gasteiger partial charge in [0.05, 0.1) is 0 Å². The predicted molar refractivity (Wildman–Crippen MR) is 191 cm³/mol. The van der Waals surface area contributed by atoms with E-state index in [0.29, 0.717) is 0 Å². The zero-order chi connectivity index (χ0) is 29.4. The minimum Gasteiger partial charge on any atom is -0.0616 e. The minimum absolute atomic E-state index is 1.25. The second kappa shape index (κ2) is 9.53. The lowest BCUT2D eigenvalue weighted by atomic mass is 9.83. The largest absolute Gasteiger partial charge is 0.0616 e. The van der Waals surface area contributed by atoms with E-state index in [0.717, 1.165) is 0 Å². The second-order valence-corrected chi connectivity index (χ2v) is 12.3. The van der Waals surface area contributed by atoms with Crippen LogP contribution in [0.1, 0.15) is 11.1 Å². The van der Waals surface area contributed by atoms with Gasteiger partial charge in [0.15, 0.2) is 0 Å². The maximum atomic E-state index is 2.37. The molecule has 0 unspecified atom stereocenters. The van der Waals surface area contributed by atoms with Gasteiger partial charge in [0.25, 0.3) is 0 Å². The Morgan fingerprint density at radius 1 is 0.318 bits per heavy atom. The minimum atomic E-state index is 1.25. The molecule has 0 aromatic heterocycles. The van der Waals surface area contributed by atoms with Crippen molar-refractivity contribution in [3.8, 4) is 33.4 Å². The van der Waals surface area contributed by atoms with Gasteiger partial charge in [0.1, 0.15) is 0 Å². The summed E-state index contributed by atoms with van der Waals surface area (Å²) in [6, 6.07) is 54.4. The Balaban J connectivity index is 1.37. The Morgan fingerprint density at radius 3 is 1.50 bits per heavy atom. The van der Waals surface area contributed by atoms with E-state index >= 15 is 0 Å². The van der Waals surface area contributed by atoms with Crippen LogP contribution in [0.5, 0.6) is 0 Å². The van der Waals surface area contributed by atoms with Gasteiger partial charge in [-0.05, 0) is 107 Å². The van der Waals surface area contributed by atoms with Crippen LogP contribution in [0, 0.1) is 13.8 Å². The van der Waals surface area contributed by atoms with Gasteiger partial charge in [-0.15, -0.1) is 0 Å². The van der Waals surface area contributed by atoms with Crippen molar-refractivity contribution in [3.63, 3.8) is 0 Å². The van der Waals surface area contributed by atoms with Gasteiger partial charge < -0.3 is 0 Å². The quantitative estimate of drug-likeness (QED) is 0.149. The molecule has 0 N–H and O–H groups in total. The Kier molecular flexibility index (Phi) is 5.43. The van der Waals surface area contributed by atoms with Crippen molar-refractivity contribution >= 4 is 53.9 Å². The topological polar surface area (TPSA) is 0 Å². The van der Waals surface area contributed by atoms with Crippen molar-refractivity contribution in [3.05, 3.63) is 157 Å². The molecule has 0 saturated carbocycles. The van der Waals surface area contributed by atoms with E-state index in [2.05, 4.69) is 159 Å². The van der Waals surface area contributed by atoms with Crippen LogP contribution < -0.4 is 0 Å². The first-order chi connectivity index (χ1) is 21.6. The van der Waals surface area contributed by atoms with E-state index in [9.17, 15) is 0 Å². The molecule has 206 valence electrons. The SMILES string of the molecule is Cc1cc(C)cc(-c2cccc(-c3c4ccccc4c(-c4ccc5ccc6cccc7ccc4c5c67)c4ccccc34)c2)c1. The van der Waals surface area contributed by atoms with Crippen molar-refractivity contribution in [2.75, 3.05) is 0 Å². The number of rotatable bonds is 3. The molecule has 0 aliphatic carbocycles. The van der Waals surface area contributed by atoms with Gasteiger partial charge in [-0.3, -0.25) is 0 Å². The fourth-order valence-electron chi connectivity index (χ4n) is 7.68. The van der Waals surface area contributed by atoms with Gasteiger partial charge in [-0.1, -0.05) is 151 Å². The van der Waals surface area contributed by atoms with Crippen LogP contribution in [0.3, 0.4) is 0 Å². The summed E-state index contributed by atoms with van der Waals surface area (Å²) in [7, 11) is 0. The summed E-state index contributed by atoms with van der Waals surface area (Å²) < 4.78 is 0. The molecule has 0 atom stereocenters. The van der Waals surface area contributed by atoms with E-state index in [1.54, 1.807) is 0 Å². The highest BCUT2D eigenvalue weighted by molar-refractivity contribution is 6.29. The van der Waals surface area contributed by atoms with Gasteiger partial charge in [0, 0.05) is 0 Å². The number of hydrogen-bond donors (Lipinski definition) is 0. The van der Waals surface area contributed by atoms with Crippen LogP contribution in [-0.2, 0) is 0 Å². The summed E-state index contributed by atoms with van der Waals surface area (Å²) in [5.74, 6) is 0. The molecule has 0 aliphatic heterocycles. The third-order valence-electron chi connectivity index (χ3n) is 9.44. The third kappa shape index (κ3) is 3.71. The molecule has 0 heterocycles. The lowest BCUT2D eigenvalue weighted by Crippen LogP contribution is -1.93. The Hall–Kier alpha value is -5.46. The monoisotopic (exact) mass is 558 g/mol. The van der Waals surface area contributed by atoms with Gasteiger partial charge >= 0.3 is 0 Å². The molecule has 44 heavy (non-hydrogen) atoms. The van der Waals surface area contributed by atoms with Gasteiger partial charge in [-0.2, -0.15) is 0 Å². The Labute approximate surface area is 257 Å². The summed E-state index contributed by atoms with van der Waals surface area (Å²) >= 11 is 0. The lowest BCUT2D eigenvalue weighted by Gasteiger charge is -2.20. The van der Waals surface area contributed by atoms with Crippen LogP contribution in [0.2, 0.25) is 0 Å². The Bertz CT molecular complexity index is 2470. The first-order valence-corrected chi connectivity index (χ1v) is 15.4. The van der Waals surface area contributed by atoms with E-state index in [-0.39, 0.29) is 0 Å². The molecule has 0 radical (unpaired) electrons. The third-order valence-corrected chi connectivity index (χ3v) is 9.44. The molecule has 0 spiro atoms. The van der Waals surface area contributed by atoms with Crippen molar-refractivity contribution in [1.29, 1.82) is 0 Å². The first-order valence-electron chi connectivity index (χ1n) is 15.4. The fraction of sp³-hybridized carbons (Fsp3) is 0.0455. The molecule has 9 aromatic rings. The number of benzene rings is 9. The first kappa shape index (κ1) is 25.1. The maximum absolute atomic E-state index is 2.37. The van der Waals surface area contributed by atoms with Crippen molar-refractivity contribution in [1.82, 2.24) is 0 Å². The average Bonchev–Trinajstić information content (AvgIpc) is 3.06. The molecule has 0 amide bonds. The zero-order valence-electron chi connectivity index (χ0n) is 24.9. The molecule has 0 heteroatoms. The molecular formula is C44H30. The van der Waals surface area contributed by atoms with E-state index < -0.39 is 0 Å². The van der Waals surface area contributed by atoms with E-state index in [1.165, 1.54) is 98.4 Å². The van der Waals surface area contributed by atoms with Crippen molar-refractivity contribution in [2.24, 2.45) is 0 Å². The maximum Gasteiger partial charge on any atom is -0.00201 e. The predicted octanol–water partition coefficient (Wildman–Crippen LogP) is 12.5. The summed E-state index contributed by atoms with van der Waals surface area (Å²) in [5, 5.41) is 13.1. The summed E-state index contributed by atoms with van der Waals surface area (Å²) in [5.41, 5.74) is 10.2. The summed E-state index contributed by atoms with van der Waals surface area (Å²) in [6.07, 6.45) is 0. The molecule has 0 aliphatic rings. The highest BCUT2D eigenvalue weighted by atomic mass is 14.2. The lowest BCUT2D eigenvalue weighted by molar-refractivity contribution is 1.38. The molecule has 9 aromatic carbocycles. The number of fused-ring (bicyclic) bond motifs is 2. The molecule has 0 fully saturated rings. The van der Waals surface area contributed by atoms with E-state index in [1.807, 2.05) is 0 Å².